The van der Waals surface area contributed by atoms with Crippen LogP contribution < -0.4 is 0 Å². The minimum Gasteiger partial charge on any atom is -0.450 e. The summed E-state index contributed by atoms with van der Waals surface area (Å²) in [6.45, 7) is -0.217. The smallest absolute Gasteiger partial charge is 0.311 e. The summed E-state index contributed by atoms with van der Waals surface area (Å²) < 4.78 is 6.36. The van der Waals surface area contributed by atoms with E-state index in [1.54, 1.807) is 23.1 Å². The normalized spacial score (nSPS) is 9.72. The fourth-order valence-corrected chi connectivity index (χ4v) is 1.50. The molecular weight excluding hydrogens is 230 g/mol. The minimum atomic E-state index is -0.427. The van der Waals surface area contributed by atoms with Crippen molar-refractivity contribution in [1.29, 1.82) is 5.26 Å². The van der Waals surface area contributed by atoms with Crippen molar-refractivity contribution in [2.75, 3.05) is 6.61 Å². The molecule has 0 aliphatic heterocycles. The number of ether oxygens (including phenoxy) is 1. The number of nitrogens with zero attached hydrogens (tertiary/aromatic N) is 3. The summed E-state index contributed by atoms with van der Waals surface area (Å²) in [4.78, 5) is 11.3. The van der Waals surface area contributed by atoms with E-state index in [-0.39, 0.29) is 13.0 Å². The van der Waals surface area contributed by atoms with Crippen LogP contribution >= 0.6 is 0 Å². The van der Waals surface area contributed by atoms with Crippen LogP contribution in [0, 0.1) is 11.3 Å². The Labute approximate surface area is 104 Å². The SMILES string of the molecule is N#CCOC(=O)Cc1cnn(-c2ccccc2)c1. The summed E-state index contributed by atoms with van der Waals surface area (Å²) in [6, 6.07) is 11.3. The van der Waals surface area contributed by atoms with Crippen LogP contribution in [-0.4, -0.2) is 22.4 Å². The van der Waals surface area contributed by atoms with E-state index in [1.807, 2.05) is 30.3 Å². The Morgan fingerprint density at radius 3 is 2.89 bits per heavy atom. The number of esters is 1. The average Bonchev–Trinajstić information content (AvgIpc) is 2.86. The third-order valence-corrected chi connectivity index (χ3v) is 2.30. The second kappa shape index (κ2) is 5.64. The molecule has 0 bridgehead atoms. The molecule has 0 aliphatic carbocycles. The van der Waals surface area contributed by atoms with Gasteiger partial charge in [0.2, 0.25) is 0 Å². The molecule has 0 saturated carbocycles. The molecule has 0 atom stereocenters. The molecule has 90 valence electrons. The standard InChI is InChI=1S/C13H11N3O2/c14-6-7-18-13(17)8-11-9-15-16(10-11)12-4-2-1-3-5-12/h1-5,9-10H,7-8H2. The Morgan fingerprint density at radius 2 is 2.17 bits per heavy atom. The van der Waals surface area contributed by atoms with Crippen molar-refractivity contribution in [1.82, 2.24) is 9.78 Å². The van der Waals surface area contributed by atoms with E-state index in [9.17, 15) is 4.79 Å². The van der Waals surface area contributed by atoms with Crippen molar-refractivity contribution >= 4 is 5.97 Å². The first-order valence-electron chi connectivity index (χ1n) is 5.41. The van der Waals surface area contributed by atoms with Crippen molar-refractivity contribution in [3.8, 4) is 11.8 Å². The predicted octanol–water partition coefficient (Wildman–Crippen LogP) is 1.48. The Morgan fingerprint density at radius 1 is 1.39 bits per heavy atom. The zero-order valence-corrected chi connectivity index (χ0v) is 9.61. The van der Waals surface area contributed by atoms with Gasteiger partial charge in [0, 0.05) is 11.8 Å². The van der Waals surface area contributed by atoms with Crippen LogP contribution in [0.4, 0.5) is 0 Å². The number of nitriles is 1. The number of carbonyl (C=O) groups excluding carboxylic acids is 1. The molecule has 0 saturated heterocycles. The van der Waals surface area contributed by atoms with Gasteiger partial charge in [-0.3, -0.25) is 4.79 Å². The van der Waals surface area contributed by atoms with Gasteiger partial charge < -0.3 is 4.74 Å². The maximum absolute atomic E-state index is 11.3. The zero-order valence-electron chi connectivity index (χ0n) is 9.61. The molecule has 0 amide bonds. The highest BCUT2D eigenvalue weighted by Gasteiger charge is 2.07. The lowest BCUT2D eigenvalue weighted by Crippen LogP contribution is -2.07. The zero-order chi connectivity index (χ0) is 12.8. The van der Waals surface area contributed by atoms with Crippen LogP contribution in [0.15, 0.2) is 42.7 Å². The van der Waals surface area contributed by atoms with Gasteiger partial charge in [-0.15, -0.1) is 0 Å². The first-order chi connectivity index (χ1) is 8.79. The monoisotopic (exact) mass is 241 g/mol. The van der Waals surface area contributed by atoms with Crippen LogP contribution in [0.2, 0.25) is 0 Å². The first kappa shape index (κ1) is 11.9. The average molecular weight is 241 g/mol. The number of benzene rings is 1. The van der Waals surface area contributed by atoms with E-state index in [4.69, 9.17) is 5.26 Å². The molecule has 18 heavy (non-hydrogen) atoms. The number of rotatable bonds is 4. The Balaban J connectivity index is 2.03. The second-order valence-electron chi connectivity index (χ2n) is 3.62. The summed E-state index contributed by atoms with van der Waals surface area (Å²) in [5, 5.41) is 12.5. The largest absolute Gasteiger partial charge is 0.450 e. The topological polar surface area (TPSA) is 67.9 Å². The molecule has 0 aliphatic rings. The predicted molar refractivity (Wildman–Crippen MR) is 63.8 cm³/mol. The Kier molecular flexibility index (Phi) is 3.72. The van der Waals surface area contributed by atoms with Gasteiger partial charge >= 0.3 is 5.97 Å². The maximum Gasteiger partial charge on any atom is 0.311 e. The molecule has 0 unspecified atom stereocenters. The van der Waals surface area contributed by atoms with Gasteiger partial charge in [0.25, 0.3) is 0 Å². The molecule has 5 heteroatoms. The highest BCUT2D eigenvalue weighted by Crippen LogP contribution is 2.08. The molecule has 2 aromatic rings. The van der Waals surface area contributed by atoms with Crippen molar-refractivity contribution in [2.45, 2.75) is 6.42 Å². The minimum absolute atomic E-state index is 0.120. The van der Waals surface area contributed by atoms with Crippen LogP contribution in [0.3, 0.4) is 0 Å². The lowest BCUT2D eigenvalue weighted by Gasteiger charge is -1.99. The summed E-state index contributed by atoms with van der Waals surface area (Å²) in [5.41, 5.74) is 1.68. The Bertz CT molecular complexity index is 569. The molecule has 0 N–H and O–H groups in total. The molecule has 0 spiro atoms. The molecule has 1 aromatic heterocycles. The fraction of sp³-hybridized carbons (Fsp3) is 0.154. The van der Waals surface area contributed by atoms with Crippen LogP contribution in [0.5, 0.6) is 0 Å². The summed E-state index contributed by atoms with van der Waals surface area (Å²) in [6.07, 6.45) is 3.50. The quantitative estimate of drug-likeness (QED) is 0.760. The van der Waals surface area contributed by atoms with Gasteiger partial charge in [-0.05, 0) is 12.1 Å². The number of aromatic nitrogens is 2. The van der Waals surface area contributed by atoms with E-state index in [0.29, 0.717) is 0 Å². The van der Waals surface area contributed by atoms with Crippen LogP contribution in [0.1, 0.15) is 5.56 Å². The van der Waals surface area contributed by atoms with Gasteiger partial charge in [0.1, 0.15) is 6.07 Å². The van der Waals surface area contributed by atoms with Crippen molar-refractivity contribution in [3.63, 3.8) is 0 Å². The first-order valence-corrected chi connectivity index (χ1v) is 5.41. The van der Waals surface area contributed by atoms with Gasteiger partial charge in [0.15, 0.2) is 6.61 Å². The van der Waals surface area contributed by atoms with Gasteiger partial charge in [-0.25, -0.2) is 4.68 Å². The lowest BCUT2D eigenvalue weighted by atomic mass is 10.2. The number of para-hydroxylation sites is 1. The Hall–Kier alpha value is -2.61. The van der Waals surface area contributed by atoms with E-state index >= 15 is 0 Å². The van der Waals surface area contributed by atoms with Gasteiger partial charge in [-0.2, -0.15) is 10.4 Å². The molecule has 1 aromatic carbocycles. The number of hydrogen-bond acceptors (Lipinski definition) is 4. The van der Waals surface area contributed by atoms with Crippen LogP contribution in [-0.2, 0) is 16.0 Å². The van der Waals surface area contributed by atoms with Crippen molar-refractivity contribution < 1.29 is 9.53 Å². The van der Waals surface area contributed by atoms with Gasteiger partial charge in [0.05, 0.1) is 18.3 Å². The van der Waals surface area contributed by atoms with Crippen molar-refractivity contribution in [3.05, 3.63) is 48.3 Å². The van der Waals surface area contributed by atoms with Crippen molar-refractivity contribution in [2.24, 2.45) is 0 Å². The van der Waals surface area contributed by atoms with E-state index in [2.05, 4.69) is 9.84 Å². The molecule has 1 heterocycles. The maximum atomic E-state index is 11.3. The second-order valence-corrected chi connectivity index (χ2v) is 3.62. The van der Waals surface area contributed by atoms with E-state index < -0.39 is 5.97 Å². The van der Waals surface area contributed by atoms with E-state index in [1.165, 1.54) is 0 Å². The fourth-order valence-electron chi connectivity index (χ4n) is 1.50. The lowest BCUT2D eigenvalue weighted by molar-refractivity contribution is -0.141. The van der Waals surface area contributed by atoms with Gasteiger partial charge in [-0.1, -0.05) is 18.2 Å². The summed E-state index contributed by atoms with van der Waals surface area (Å²) in [5.74, 6) is -0.427. The number of carbonyl (C=O) groups is 1. The molecule has 2 rings (SSSR count). The highest BCUT2D eigenvalue weighted by atomic mass is 16.5. The molecule has 0 fully saturated rings. The highest BCUT2D eigenvalue weighted by molar-refractivity contribution is 5.72. The third kappa shape index (κ3) is 2.95. The molecule has 0 radical (unpaired) electrons. The summed E-state index contributed by atoms with van der Waals surface area (Å²) >= 11 is 0. The molecule has 5 nitrogen and oxygen atoms in total. The third-order valence-electron chi connectivity index (χ3n) is 2.30. The van der Waals surface area contributed by atoms with Crippen LogP contribution in [0.25, 0.3) is 5.69 Å². The summed E-state index contributed by atoms with van der Waals surface area (Å²) in [7, 11) is 0. The molecular formula is C13H11N3O2. The number of hydrogen-bond donors (Lipinski definition) is 0. The van der Waals surface area contributed by atoms with E-state index in [0.717, 1.165) is 11.3 Å².